The second-order valence-corrected chi connectivity index (χ2v) is 9.98. The molecule has 2 unspecified atom stereocenters. The van der Waals surface area contributed by atoms with Crippen molar-refractivity contribution >= 4 is 11.7 Å². The topological polar surface area (TPSA) is 31.2 Å². The highest BCUT2D eigenvalue weighted by Gasteiger charge is 2.29. The molecule has 4 aliphatic rings. The summed E-state index contributed by atoms with van der Waals surface area (Å²) in [4.78, 5) is 15.2. The van der Waals surface area contributed by atoms with E-state index in [1.807, 2.05) is 0 Å². The van der Waals surface area contributed by atoms with Crippen LogP contribution in [0.25, 0.3) is 0 Å². The molecule has 164 valence electrons. The van der Waals surface area contributed by atoms with Gasteiger partial charge in [0.05, 0.1) is 0 Å². The molecule has 0 aromatic carbocycles. The van der Waals surface area contributed by atoms with Crippen LogP contribution < -0.4 is 0 Å². The first-order chi connectivity index (χ1) is 14.3. The van der Waals surface area contributed by atoms with Crippen molar-refractivity contribution in [3.8, 4) is 0 Å². The Hall–Kier alpha value is -1.06. The normalized spacial score (nSPS) is 29.1. The monoisotopic (exact) mass is 400 g/mol. The molecule has 4 nitrogen and oxygen atoms in total. The van der Waals surface area contributed by atoms with Gasteiger partial charge in [-0.2, -0.15) is 0 Å². The maximum absolute atomic E-state index is 4.99. The number of aliphatic imine (C=N–C) groups is 2. The van der Waals surface area contributed by atoms with Gasteiger partial charge in [-0.25, -0.2) is 0 Å². The van der Waals surface area contributed by atoms with E-state index in [0.29, 0.717) is 0 Å². The highest BCUT2D eigenvalue weighted by Crippen LogP contribution is 2.31. The highest BCUT2D eigenvalue weighted by atomic mass is 15.2. The largest absolute Gasteiger partial charge is 0.360 e. The van der Waals surface area contributed by atoms with Gasteiger partial charge >= 0.3 is 0 Å². The first-order valence-corrected chi connectivity index (χ1v) is 12.9. The molecule has 0 radical (unpaired) electrons. The lowest BCUT2D eigenvalue weighted by molar-refractivity contribution is 0.341. The Kier molecular flexibility index (Phi) is 7.90. The van der Waals surface area contributed by atoms with Gasteiger partial charge in [0, 0.05) is 51.1 Å². The van der Waals surface area contributed by atoms with Crippen molar-refractivity contribution in [1.29, 1.82) is 0 Å². The predicted octanol–water partition coefficient (Wildman–Crippen LogP) is 5.38. The van der Waals surface area contributed by atoms with Crippen molar-refractivity contribution in [3.63, 3.8) is 0 Å². The Morgan fingerprint density at radius 3 is 1.69 bits per heavy atom. The first-order valence-electron chi connectivity index (χ1n) is 12.9. The molecule has 2 atom stereocenters. The van der Waals surface area contributed by atoms with Crippen LogP contribution in [-0.4, -0.2) is 60.7 Å². The van der Waals surface area contributed by atoms with Gasteiger partial charge in [-0.05, 0) is 70.1 Å². The number of fused-ring (bicyclic) bond motifs is 2. The zero-order chi connectivity index (χ0) is 19.9. The first kappa shape index (κ1) is 21.2. The quantitative estimate of drug-likeness (QED) is 0.574. The van der Waals surface area contributed by atoms with E-state index in [4.69, 9.17) is 9.98 Å². The number of rotatable bonds is 7. The minimum Gasteiger partial charge on any atom is -0.360 e. The average molecular weight is 401 g/mol. The van der Waals surface area contributed by atoms with Crippen LogP contribution in [0.4, 0.5) is 0 Å². The summed E-state index contributed by atoms with van der Waals surface area (Å²) in [6, 6.07) is 0. The van der Waals surface area contributed by atoms with Crippen LogP contribution >= 0.6 is 0 Å². The molecule has 0 aliphatic carbocycles. The van der Waals surface area contributed by atoms with Crippen molar-refractivity contribution in [2.24, 2.45) is 27.7 Å². The van der Waals surface area contributed by atoms with Gasteiger partial charge < -0.3 is 9.80 Å². The molecule has 2 saturated heterocycles. The standard InChI is InChI=1S/C25H44N4/c1-2-21(11-13-22-9-3-5-17-28-19-7-15-26-24(22)28)12-14-23-10-4-6-18-29-20-8-16-27-25(23)29/h21-23H,2-20H2,1H3. The molecule has 4 heterocycles. The number of hydrogen-bond donors (Lipinski definition) is 0. The minimum absolute atomic E-state index is 0.739. The molecule has 0 amide bonds. The molecule has 2 fully saturated rings. The van der Waals surface area contributed by atoms with E-state index in [1.54, 1.807) is 0 Å². The summed E-state index contributed by atoms with van der Waals surface area (Å²) in [6.07, 6.45) is 17.7. The molecule has 4 rings (SSSR count). The summed E-state index contributed by atoms with van der Waals surface area (Å²) in [7, 11) is 0. The van der Waals surface area contributed by atoms with Gasteiger partial charge in [0.15, 0.2) is 0 Å². The van der Waals surface area contributed by atoms with Crippen molar-refractivity contribution in [2.75, 3.05) is 39.3 Å². The molecule has 0 aromatic rings. The fraction of sp³-hybridized carbons (Fsp3) is 0.920. The molecule has 29 heavy (non-hydrogen) atoms. The third-order valence-corrected chi connectivity index (χ3v) is 7.98. The summed E-state index contributed by atoms with van der Waals surface area (Å²) in [5.74, 6) is 5.34. The molecular weight excluding hydrogens is 356 g/mol. The Bertz CT molecular complexity index is 521. The fourth-order valence-corrected chi connectivity index (χ4v) is 6.18. The van der Waals surface area contributed by atoms with Crippen LogP contribution in [0.1, 0.15) is 90.4 Å². The van der Waals surface area contributed by atoms with Gasteiger partial charge in [0.1, 0.15) is 11.7 Å². The van der Waals surface area contributed by atoms with E-state index >= 15 is 0 Å². The minimum atomic E-state index is 0.739. The van der Waals surface area contributed by atoms with E-state index in [-0.39, 0.29) is 0 Å². The molecular formula is C25H44N4. The third kappa shape index (κ3) is 5.55. The fourth-order valence-electron chi connectivity index (χ4n) is 6.18. The maximum Gasteiger partial charge on any atom is 0.102 e. The number of hydrogen-bond acceptors (Lipinski definition) is 4. The zero-order valence-electron chi connectivity index (χ0n) is 19.0. The van der Waals surface area contributed by atoms with E-state index in [2.05, 4.69) is 16.7 Å². The Morgan fingerprint density at radius 2 is 1.21 bits per heavy atom. The SMILES string of the molecule is CCC(CCC1CCCCN2CCCN=C12)CCC1CCCCN2CCCN=C12. The molecule has 4 heteroatoms. The summed E-state index contributed by atoms with van der Waals surface area (Å²) in [5.41, 5.74) is 0. The van der Waals surface area contributed by atoms with Gasteiger partial charge in [0.2, 0.25) is 0 Å². The van der Waals surface area contributed by atoms with E-state index in [1.165, 1.54) is 121 Å². The molecule has 0 spiro atoms. The molecule has 0 bridgehead atoms. The molecule has 4 aliphatic heterocycles. The maximum atomic E-state index is 4.99. The second-order valence-electron chi connectivity index (χ2n) is 9.98. The Morgan fingerprint density at radius 1 is 0.724 bits per heavy atom. The van der Waals surface area contributed by atoms with Crippen LogP contribution in [0.2, 0.25) is 0 Å². The Labute approximate surface area is 179 Å². The molecule has 0 N–H and O–H groups in total. The van der Waals surface area contributed by atoms with E-state index in [0.717, 1.165) is 30.8 Å². The van der Waals surface area contributed by atoms with Gasteiger partial charge in [0.25, 0.3) is 0 Å². The van der Waals surface area contributed by atoms with E-state index in [9.17, 15) is 0 Å². The summed E-state index contributed by atoms with van der Waals surface area (Å²) >= 11 is 0. The van der Waals surface area contributed by atoms with E-state index < -0.39 is 0 Å². The summed E-state index contributed by atoms with van der Waals surface area (Å²) in [6.45, 7) is 9.58. The lowest BCUT2D eigenvalue weighted by Gasteiger charge is -2.33. The molecule has 0 aromatic heterocycles. The number of amidine groups is 2. The summed E-state index contributed by atoms with van der Waals surface area (Å²) in [5, 5.41) is 0. The molecule has 0 saturated carbocycles. The number of nitrogens with zero attached hydrogens (tertiary/aromatic N) is 4. The lowest BCUT2D eigenvalue weighted by Crippen LogP contribution is -2.39. The predicted molar refractivity (Wildman–Crippen MR) is 124 cm³/mol. The highest BCUT2D eigenvalue weighted by molar-refractivity contribution is 5.86. The van der Waals surface area contributed by atoms with Crippen molar-refractivity contribution in [1.82, 2.24) is 9.80 Å². The average Bonchev–Trinajstić information content (AvgIpc) is 3.10. The van der Waals surface area contributed by atoms with Crippen molar-refractivity contribution in [3.05, 3.63) is 0 Å². The van der Waals surface area contributed by atoms with Crippen LogP contribution in [0.15, 0.2) is 9.98 Å². The Balaban J connectivity index is 1.30. The summed E-state index contributed by atoms with van der Waals surface area (Å²) < 4.78 is 0. The van der Waals surface area contributed by atoms with Crippen LogP contribution in [0.5, 0.6) is 0 Å². The third-order valence-electron chi connectivity index (χ3n) is 7.98. The zero-order valence-corrected chi connectivity index (χ0v) is 19.0. The van der Waals surface area contributed by atoms with Crippen molar-refractivity contribution in [2.45, 2.75) is 90.4 Å². The lowest BCUT2D eigenvalue weighted by atomic mass is 9.85. The van der Waals surface area contributed by atoms with Crippen LogP contribution in [-0.2, 0) is 0 Å². The second kappa shape index (κ2) is 10.8. The van der Waals surface area contributed by atoms with Gasteiger partial charge in [-0.1, -0.05) is 26.2 Å². The van der Waals surface area contributed by atoms with Crippen LogP contribution in [0, 0.1) is 17.8 Å². The van der Waals surface area contributed by atoms with Crippen LogP contribution in [0.3, 0.4) is 0 Å². The van der Waals surface area contributed by atoms with Gasteiger partial charge in [-0.3, -0.25) is 9.98 Å². The van der Waals surface area contributed by atoms with Crippen molar-refractivity contribution < 1.29 is 0 Å². The van der Waals surface area contributed by atoms with Gasteiger partial charge in [-0.15, -0.1) is 0 Å². The smallest absolute Gasteiger partial charge is 0.102 e.